The van der Waals surface area contributed by atoms with Crippen LogP contribution in [0.25, 0.3) is 0 Å². The van der Waals surface area contributed by atoms with Crippen LogP contribution in [0.5, 0.6) is 0 Å². The Bertz CT molecular complexity index is 1230. The molecule has 4 N–H and O–H groups in total. The molecule has 182 valence electrons. The molecule has 0 atom stereocenters. The zero-order valence-corrected chi connectivity index (χ0v) is 20.6. The van der Waals surface area contributed by atoms with Crippen molar-refractivity contribution in [2.24, 2.45) is 5.92 Å². The fraction of sp³-hybridized carbons (Fsp3) is 0.280. The number of thiazole rings is 1. The number of aliphatic carboxylic acids is 1. The van der Waals surface area contributed by atoms with E-state index < -0.39 is 5.97 Å². The molecule has 1 aliphatic carbocycles. The molecule has 2 amide bonds. The van der Waals surface area contributed by atoms with Crippen molar-refractivity contribution in [3.05, 3.63) is 69.7 Å². The Morgan fingerprint density at radius 3 is 2.51 bits per heavy atom. The Labute approximate surface area is 211 Å². The highest BCUT2D eigenvalue weighted by Crippen LogP contribution is 2.28. The fourth-order valence-corrected chi connectivity index (χ4v) is 5.02. The molecule has 1 saturated carbocycles. The van der Waals surface area contributed by atoms with E-state index in [0.717, 1.165) is 5.56 Å². The van der Waals surface area contributed by atoms with Gasteiger partial charge < -0.3 is 21.1 Å². The minimum absolute atomic E-state index is 0.0310. The van der Waals surface area contributed by atoms with Crippen LogP contribution in [0.2, 0.25) is 5.02 Å². The molecule has 8 nitrogen and oxygen atoms in total. The van der Waals surface area contributed by atoms with Gasteiger partial charge in [-0.1, -0.05) is 41.1 Å². The van der Waals surface area contributed by atoms with E-state index in [1.165, 1.54) is 17.5 Å². The van der Waals surface area contributed by atoms with Gasteiger partial charge in [0.25, 0.3) is 11.8 Å². The summed E-state index contributed by atoms with van der Waals surface area (Å²) < 4.78 is 0. The normalized spacial score (nSPS) is 17.4. The van der Waals surface area contributed by atoms with Crippen LogP contribution < -0.4 is 16.0 Å². The number of aromatic nitrogens is 1. The number of hydrogen-bond acceptors (Lipinski definition) is 6. The minimum Gasteiger partial charge on any atom is -0.481 e. The zero-order valence-electron chi connectivity index (χ0n) is 19.0. The zero-order chi connectivity index (χ0) is 24.9. The first-order valence-corrected chi connectivity index (χ1v) is 12.4. The van der Waals surface area contributed by atoms with Gasteiger partial charge in [0, 0.05) is 17.3 Å². The van der Waals surface area contributed by atoms with Crippen molar-refractivity contribution in [1.82, 2.24) is 10.3 Å². The van der Waals surface area contributed by atoms with Crippen LogP contribution in [0.4, 0.5) is 16.5 Å². The summed E-state index contributed by atoms with van der Waals surface area (Å²) in [5, 5.41) is 19.1. The first-order valence-electron chi connectivity index (χ1n) is 11.2. The standard InChI is InChI=1S/C25H25ClN4O4S/c1-14-4-2-7-19(26)21(14)30-23(32)20-13-27-25(35-20)29-18-6-3-5-16(12-18)22(31)28-17-10-8-15(9-11-17)24(33)34/h2-7,12-13,15,17H,8-11H2,1H3,(H,27,29)(H,28,31)(H,30,32)(H,33,34)/t15-,17-. The maximum atomic E-state index is 12.7. The van der Waals surface area contributed by atoms with Gasteiger partial charge in [-0.3, -0.25) is 14.4 Å². The number of carboxylic acid groups (broad SMARTS) is 1. The highest BCUT2D eigenvalue weighted by molar-refractivity contribution is 7.17. The summed E-state index contributed by atoms with van der Waals surface area (Å²) >= 11 is 7.38. The van der Waals surface area contributed by atoms with Crippen molar-refractivity contribution in [2.45, 2.75) is 38.6 Å². The molecule has 1 heterocycles. The lowest BCUT2D eigenvalue weighted by Crippen LogP contribution is -2.38. The van der Waals surface area contributed by atoms with Gasteiger partial charge >= 0.3 is 5.97 Å². The molecule has 0 radical (unpaired) electrons. The number of carboxylic acids is 1. The van der Waals surface area contributed by atoms with Gasteiger partial charge in [0.05, 0.1) is 22.8 Å². The molecular weight excluding hydrogens is 488 g/mol. The number of aryl methyl sites for hydroxylation is 1. The summed E-state index contributed by atoms with van der Waals surface area (Å²) in [7, 11) is 0. The molecule has 0 aliphatic heterocycles. The van der Waals surface area contributed by atoms with E-state index in [0.29, 0.717) is 57.7 Å². The van der Waals surface area contributed by atoms with Crippen molar-refractivity contribution in [1.29, 1.82) is 0 Å². The molecule has 2 aromatic carbocycles. The third-order valence-electron chi connectivity index (χ3n) is 5.98. The summed E-state index contributed by atoms with van der Waals surface area (Å²) in [6, 6.07) is 12.4. The van der Waals surface area contributed by atoms with Crippen molar-refractivity contribution < 1.29 is 19.5 Å². The Hall–Kier alpha value is -3.43. The molecule has 4 rings (SSSR count). The van der Waals surface area contributed by atoms with Gasteiger partial charge in [0.1, 0.15) is 4.88 Å². The molecule has 35 heavy (non-hydrogen) atoms. The first-order chi connectivity index (χ1) is 16.8. The number of nitrogens with zero attached hydrogens (tertiary/aromatic N) is 1. The number of carbonyl (C=O) groups excluding carboxylic acids is 2. The quantitative estimate of drug-likeness (QED) is 0.333. The average molecular weight is 513 g/mol. The molecular formula is C25H25ClN4O4S. The number of hydrogen-bond donors (Lipinski definition) is 4. The number of amides is 2. The van der Waals surface area contributed by atoms with Crippen LogP contribution in [0.15, 0.2) is 48.7 Å². The Balaban J connectivity index is 1.36. The van der Waals surface area contributed by atoms with E-state index in [2.05, 4.69) is 20.9 Å². The number of para-hydroxylation sites is 1. The lowest BCUT2D eigenvalue weighted by atomic mass is 9.86. The van der Waals surface area contributed by atoms with Crippen LogP contribution in [0.3, 0.4) is 0 Å². The molecule has 1 aromatic heterocycles. The molecule has 10 heteroatoms. The van der Waals surface area contributed by atoms with E-state index in [4.69, 9.17) is 16.7 Å². The smallest absolute Gasteiger partial charge is 0.306 e. The Kier molecular flexibility index (Phi) is 7.67. The SMILES string of the molecule is Cc1cccc(Cl)c1NC(=O)c1cnc(Nc2cccc(C(=O)N[C@H]3CC[C@H](C(=O)O)CC3)c2)s1. The first kappa shape index (κ1) is 24.7. The fourth-order valence-electron chi connectivity index (χ4n) is 4.02. The molecule has 1 aliphatic rings. The molecule has 1 fully saturated rings. The predicted molar refractivity (Wildman–Crippen MR) is 137 cm³/mol. The molecule has 3 aromatic rings. The maximum Gasteiger partial charge on any atom is 0.306 e. The van der Waals surface area contributed by atoms with Gasteiger partial charge in [-0.05, 0) is 62.4 Å². The molecule has 0 bridgehead atoms. The lowest BCUT2D eigenvalue weighted by molar-refractivity contribution is -0.142. The Morgan fingerprint density at radius 1 is 1.06 bits per heavy atom. The van der Waals surface area contributed by atoms with Gasteiger partial charge in [-0.15, -0.1) is 0 Å². The van der Waals surface area contributed by atoms with E-state index in [-0.39, 0.29) is 23.8 Å². The minimum atomic E-state index is -0.768. The van der Waals surface area contributed by atoms with Crippen LogP contribution in [-0.4, -0.2) is 33.9 Å². The van der Waals surface area contributed by atoms with Gasteiger partial charge in [0.2, 0.25) is 0 Å². The summed E-state index contributed by atoms with van der Waals surface area (Å²) in [5.74, 6) is -1.61. The van der Waals surface area contributed by atoms with Crippen molar-refractivity contribution in [2.75, 3.05) is 10.6 Å². The van der Waals surface area contributed by atoms with Crippen molar-refractivity contribution >= 4 is 57.2 Å². The lowest BCUT2D eigenvalue weighted by Gasteiger charge is -2.26. The van der Waals surface area contributed by atoms with E-state index in [9.17, 15) is 14.4 Å². The second-order valence-corrected chi connectivity index (χ2v) is 9.92. The monoisotopic (exact) mass is 512 g/mol. The number of nitrogens with one attached hydrogen (secondary N) is 3. The number of halogens is 1. The molecule has 0 unspecified atom stereocenters. The highest BCUT2D eigenvalue weighted by atomic mass is 35.5. The summed E-state index contributed by atoms with van der Waals surface area (Å²) in [5.41, 5.74) is 2.57. The Morgan fingerprint density at radius 2 is 1.80 bits per heavy atom. The summed E-state index contributed by atoms with van der Waals surface area (Å²) in [4.78, 5) is 41.2. The second kappa shape index (κ2) is 10.9. The van der Waals surface area contributed by atoms with Crippen LogP contribution in [0.1, 0.15) is 51.3 Å². The maximum absolute atomic E-state index is 12.7. The molecule has 0 saturated heterocycles. The van der Waals surface area contributed by atoms with E-state index in [1.807, 2.05) is 25.1 Å². The largest absolute Gasteiger partial charge is 0.481 e. The number of carbonyl (C=O) groups is 3. The van der Waals surface area contributed by atoms with E-state index >= 15 is 0 Å². The van der Waals surface area contributed by atoms with Crippen LogP contribution in [-0.2, 0) is 4.79 Å². The van der Waals surface area contributed by atoms with Crippen LogP contribution >= 0.6 is 22.9 Å². The number of rotatable bonds is 7. The average Bonchev–Trinajstić information content (AvgIpc) is 3.30. The van der Waals surface area contributed by atoms with Gasteiger partial charge in [0.15, 0.2) is 5.13 Å². The highest BCUT2D eigenvalue weighted by Gasteiger charge is 2.27. The van der Waals surface area contributed by atoms with Crippen LogP contribution in [0, 0.1) is 12.8 Å². The van der Waals surface area contributed by atoms with Crippen molar-refractivity contribution in [3.63, 3.8) is 0 Å². The predicted octanol–water partition coefficient (Wildman–Crippen LogP) is 5.47. The summed E-state index contributed by atoms with van der Waals surface area (Å²) in [6.07, 6.45) is 3.92. The molecule has 0 spiro atoms. The van der Waals surface area contributed by atoms with Crippen molar-refractivity contribution in [3.8, 4) is 0 Å². The third-order valence-corrected chi connectivity index (χ3v) is 7.20. The second-order valence-electron chi connectivity index (χ2n) is 8.48. The van der Waals surface area contributed by atoms with Gasteiger partial charge in [-0.2, -0.15) is 0 Å². The third kappa shape index (κ3) is 6.17. The number of anilines is 3. The summed E-state index contributed by atoms with van der Waals surface area (Å²) in [6.45, 7) is 1.87. The van der Waals surface area contributed by atoms with Gasteiger partial charge in [-0.25, -0.2) is 4.98 Å². The van der Waals surface area contributed by atoms with E-state index in [1.54, 1.807) is 24.3 Å². The topological polar surface area (TPSA) is 120 Å². The number of benzene rings is 2.